The molecule has 27 heavy (non-hydrogen) atoms. The summed E-state index contributed by atoms with van der Waals surface area (Å²) in [4.78, 5) is 36.1. The molecule has 1 heterocycles. The highest BCUT2D eigenvalue weighted by atomic mass is 16.5. The predicted octanol–water partition coefficient (Wildman–Crippen LogP) is 1.71. The van der Waals surface area contributed by atoms with Crippen LogP contribution in [0.25, 0.3) is 10.8 Å². The molecular formula is C20H19N3O4. The molecule has 138 valence electrons. The number of nitrogens with zero attached hydrogens (tertiary/aromatic N) is 1. The van der Waals surface area contributed by atoms with E-state index in [-0.39, 0.29) is 17.9 Å². The number of amides is 1. The molecule has 0 aliphatic carbocycles. The van der Waals surface area contributed by atoms with Crippen molar-refractivity contribution in [2.24, 2.45) is 0 Å². The van der Waals surface area contributed by atoms with Gasteiger partial charge in [-0.05, 0) is 18.6 Å². The molecule has 2 N–H and O–H groups in total. The number of ether oxygens (including phenoxy) is 1. The van der Waals surface area contributed by atoms with E-state index in [0.29, 0.717) is 23.0 Å². The minimum Gasteiger partial charge on any atom is -0.452 e. The SMILES string of the molecule is CC(OC(=O)Cc1n[nH]c(=O)c2ccccc12)C(=O)NCc1ccccc1. The largest absolute Gasteiger partial charge is 0.452 e. The topological polar surface area (TPSA) is 101 Å². The second-order valence-electron chi connectivity index (χ2n) is 6.06. The van der Waals surface area contributed by atoms with Crippen LogP contribution in [0.3, 0.4) is 0 Å². The highest BCUT2D eigenvalue weighted by Gasteiger charge is 2.19. The molecule has 1 atom stereocenters. The number of aromatic amines is 1. The summed E-state index contributed by atoms with van der Waals surface area (Å²) in [5, 5.41) is 10.1. The maximum absolute atomic E-state index is 12.2. The van der Waals surface area contributed by atoms with Crippen LogP contribution in [-0.4, -0.2) is 28.2 Å². The van der Waals surface area contributed by atoms with Gasteiger partial charge in [-0.3, -0.25) is 14.4 Å². The average Bonchev–Trinajstić information content (AvgIpc) is 2.69. The first kappa shape index (κ1) is 18.3. The number of carbonyl (C=O) groups is 2. The van der Waals surface area contributed by atoms with Crippen LogP contribution in [0.5, 0.6) is 0 Å². The minimum absolute atomic E-state index is 0.145. The second kappa shape index (κ2) is 8.27. The molecule has 0 radical (unpaired) electrons. The van der Waals surface area contributed by atoms with Gasteiger partial charge in [0.25, 0.3) is 11.5 Å². The third-order valence-corrected chi connectivity index (χ3v) is 4.07. The summed E-state index contributed by atoms with van der Waals surface area (Å²) in [6.07, 6.45) is -1.08. The van der Waals surface area contributed by atoms with Gasteiger partial charge in [0.2, 0.25) is 0 Å². The number of esters is 1. The van der Waals surface area contributed by atoms with Gasteiger partial charge in [-0.2, -0.15) is 5.10 Å². The molecular weight excluding hydrogens is 346 g/mol. The minimum atomic E-state index is -0.935. The quantitative estimate of drug-likeness (QED) is 0.648. The van der Waals surface area contributed by atoms with Crippen molar-refractivity contribution in [3.63, 3.8) is 0 Å². The first-order chi connectivity index (χ1) is 13.0. The summed E-state index contributed by atoms with van der Waals surface area (Å²) in [6.45, 7) is 1.87. The number of aromatic nitrogens is 2. The third kappa shape index (κ3) is 4.58. The van der Waals surface area contributed by atoms with Gasteiger partial charge in [-0.1, -0.05) is 48.5 Å². The molecule has 7 heteroatoms. The lowest BCUT2D eigenvalue weighted by Gasteiger charge is -2.13. The van der Waals surface area contributed by atoms with Crippen LogP contribution in [0.15, 0.2) is 59.4 Å². The summed E-state index contributed by atoms with van der Waals surface area (Å²) in [5.41, 5.74) is 1.02. The fraction of sp³-hybridized carbons (Fsp3) is 0.200. The molecule has 3 aromatic rings. The number of nitrogens with one attached hydrogen (secondary N) is 2. The zero-order chi connectivity index (χ0) is 19.2. The smallest absolute Gasteiger partial charge is 0.312 e. The number of benzene rings is 2. The van der Waals surface area contributed by atoms with E-state index in [1.54, 1.807) is 24.3 Å². The van der Waals surface area contributed by atoms with E-state index in [4.69, 9.17) is 4.74 Å². The molecule has 3 rings (SSSR count). The Labute approximate surface area is 155 Å². The Morgan fingerprint density at radius 1 is 1.07 bits per heavy atom. The van der Waals surface area contributed by atoms with Gasteiger partial charge >= 0.3 is 5.97 Å². The lowest BCUT2D eigenvalue weighted by molar-refractivity contribution is -0.154. The summed E-state index contributed by atoms with van der Waals surface area (Å²) < 4.78 is 5.20. The molecule has 1 unspecified atom stereocenters. The first-order valence-corrected chi connectivity index (χ1v) is 8.52. The van der Waals surface area contributed by atoms with Gasteiger partial charge in [0.15, 0.2) is 6.10 Å². The van der Waals surface area contributed by atoms with Crippen molar-refractivity contribution in [3.05, 3.63) is 76.2 Å². The van der Waals surface area contributed by atoms with E-state index in [9.17, 15) is 14.4 Å². The zero-order valence-corrected chi connectivity index (χ0v) is 14.8. The highest BCUT2D eigenvalue weighted by Crippen LogP contribution is 2.13. The maximum Gasteiger partial charge on any atom is 0.312 e. The Balaban J connectivity index is 1.60. The second-order valence-corrected chi connectivity index (χ2v) is 6.06. The molecule has 2 aromatic carbocycles. The Bertz CT molecular complexity index is 1010. The Hall–Kier alpha value is -3.48. The van der Waals surface area contributed by atoms with Crippen molar-refractivity contribution >= 4 is 22.6 Å². The molecule has 0 fully saturated rings. The van der Waals surface area contributed by atoms with Crippen LogP contribution in [-0.2, 0) is 27.3 Å². The summed E-state index contributed by atoms with van der Waals surface area (Å²) in [5.74, 6) is -0.978. The summed E-state index contributed by atoms with van der Waals surface area (Å²) in [6, 6.07) is 16.3. The molecule has 0 bridgehead atoms. The molecule has 1 amide bonds. The van der Waals surface area contributed by atoms with Gasteiger partial charge in [-0.15, -0.1) is 0 Å². The van der Waals surface area contributed by atoms with Gasteiger partial charge in [0, 0.05) is 11.9 Å². The normalized spacial score (nSPS) is 11.7. The highest BCUT2D eigenvalue weighted by molar-refractivity contribution is 5.88. The number of fused-ring (bicyclic) bond motifs is 1. The number of rotatable bonds is 6. The van der Waals surface area contributed by atoms with E-state index in [1.165, 1.54) is 6.92 Å². The van der Waals surface area contributed by atoms with E-state index in [0.717, 1.165) is 5.56 Å². The van der Waals surface area contributed by atoms with E-state index >= 15 is 0 Å². The summed E-state index contributed by atoms with van der Waals surface area (Å²) in [7, 11) is 0. The number of carbonyl (C=O) groups excluding carboxylic acids is 2. The maximum atomic E-state index is 12.2. The monoisotopic (exact) mass is 365 g/mol. The fourth-order valence-electron chi connectivity index (χ4n) is 2.66. The standard InChI is InChI=1S/C20H19N3O4/c1-13(19(25)21-12-14-7-3-2-4-8-14)27-18(24)11-17-15-9-5-6-10-16(15)20(26)23-22-17/h2-10,13H,11-12H2,1H3,(H,21,25)(H,23,26). The molecule has 0 saturated heterocycles. The van der Waals surface area contributed by atoms with Gasteiger partial charge in [-0.25, -0.2) is 5.10 Å². The average molecular weight is 365 g/mol. The molecule has 0 spiro atoms. The number of hydrogen-bond acceptors (Lipinski definition) is 5. The molecule has 0 saturated carbocycles. The number of H-pyrrole nitrogens is 1. The van der Waals surface area contributed by atoms with Crippen LogP contribution >= 0.6 is 0 Å². The molecule has 1 aromatic heterocycles. The lowest BCUT2D eigenvalue weighted by atomic mass is 10.1. The Kier molecular flexibility index (Phi) is 5.61. The first-order valence-electron chi connectivity index (χ1n) is 8.52. The van der Waals surface area contributed by atoms with Crippen molar-refractivity contribution < 1.29 is 14.3 Å². The Morgan fingerprint density at radius 3 is 2.48 bits per heavy atom. The van der Waals surface area contributed by atoms with Crippen molar-refractivity contribution in [2.45, 2.75) is 26.0 Å². The van der Waals surface area contributed by atoms with Crippen molar-refractivity contribution in [1.29, 1.82) is 0 Å². The van der Waals surface area contributed by atoms with Crippen LogP contribution in [0.4, 0.5) is 0 Å². The van der Waals surface area contributed by atoms with Crippen molar-refractivity contribution in [3.8, 4) is 0 Å². The van der Waals surface area contributed by atoms with Crippen LogP contribution in [0.2, 0.25) is 0 Å². The lowest BCUT2D eigenvalue weighted by Crippen LogP contribution is -2.35. The molecule has 0 aliphatic rings. The van der Waals surface area contributed by atoms with Crippen molar-refractivity contribution in [2.75, 3.05) is 0 Å². The third-order valence-electron chi connectivity index (χ3n) is 4.07. The van der Waals surface area contributed by atoms with Crippen molar-refractivity contribution in [1.82, 2.24) is 15.5 Å². The zero-order valence-electron chi connectivity index (χ0n) is 14.8. The van der Waals surface area contributed by atoms with E-state index < -0.39 is 12.1 Å². The fourth-order valence-corrected chi connectivity index (χ4v) is 2.66. The number of hydrogen-bond donors (Lipinski definition) is 2. The molecule has 7 nitrogen and oxygen atoms in total. The van der Waals surface area contributed by atoms with Gasteiger partial charge in [0.05, 0.1) is 17.5 Å². The Morgan fingerprint density at radius 2 is 1.74 bits per heavy atom. The van der Waals surface area contributed by atoms with E-state index in [1.807, 2.05) is 30.3 Å². The van der Waals surface area contributed by atoms with E-state index in [2.05, 4.69) is 15.5 Å². The summed E-state index contributed by atoms with van der Waals surface area (Å²) >= 11 is 0. The van der Waals surface area contributed by atoms with Gasteiger partial charge < -0.3 is 10.1 Å². The predicted molar refractivity (Wildman–Crippen MR) is 99.9 cm³/mol. The van der Waals surface area contributed by atoms with Crippen LogP contribution in [0.1, 0.15) is 18.2 Å². The van der Waals surface area contributed by atoms with Gasteiger partial charge in [0.1, 0.15) is 0 Å². The molecule has 0 aliphatic heterocycles. The van der Waals surface area contributed by atoms with Crippen LogP contribution < -0.4 is 10.9 Å². The van der Waals surface area contributed by atoms with Crippen LogP contribution in [0, 0.1) is 0 Å².